The van der Waals surface area contributed by atoms with Crippen LogP contribution in [-0.2, 0) is 0 Å². The van der Waals surface area contributed by atoms with Gasteiger partial charge < -0.3 is 15.0 Å². The van der Waals surface area contributed by atoms with Crippen LogP contribution in [0.15, 0.2) is 12.1 Å². The first-order chi connectivity index (χ1) is 10.4. The molecule has 1 saturated heterocycles. The highest BCUT2D eigenvalue weighted by atomic mass is 35.5. The van der Waals surface area contributed by atoms with Crippen molar-refractivity contribution in [3.05, 3.63) is 27.7 Å². The van der Waals surface area contributed by atoms with Gasteiger partial charge in [0.15, 0.2) is 5.75 Å². The lowest BCUT2D eigenvalue weighted by molar-refractivity contribution is 0.125. The number of methoxy groups -OCH3 is 1. The monoisotopic (exact) mass is 345 g/mol. The van der Waals surface area contributed by atoms with Crippen molar-refractivity contribution < 1.29 is 4.74 Å². The molecule has 0 aliphatic carbocycles. The molecule has 0 spiro atoms. The Balaban J connectivity index is 2.32. The third-order valence-corrected chi connectivity index (χ3v) is 4.55. The minimum Gasteiger partial charge on any atom is -0.494 e. The van der Waals surface area contributed by atoms with Crippen LogP contribution in [0.1, 0.15) is 18.5 Å². The van der Waals surface area contributed by atoms with Crippen molar-refractivity contribution in [2.75, 3.05) is 47.4 Å². The van der Waals surface area contributed by atoms with Crippen molar-refractivity contribution in [1.82, 2.24) is 15.1 Å². The fourth-order valence-corrected chi connectivity index (χ4v) is 3.65. The predicted molar refractivity (Wildman–Crippen MR) is 93.3 cm³/mol. The molecule has 0 saturated carbocycles. The molecular weight excluding hydrogens is 321 g/mol. The van der Waals surface area contributed by atoms with Gasteiger partial charge in [0.2, 0.25) is 0 Å². The van der Waals surface area contributed by atoms with Crippen molar-refractivity contribution in [3.63, 3.8) is 0 Å². The summed E-state index contributed by atoms with van der Waals surface area (Å²) in [5, 5.41) is 4.62. The molecule has 124 valence electrons. The van der Waals surface area contributed by atoms with Crippen LogP contribution in [0.2, 0.25) is 10.0 Å². The standard InChI is InChI=1S/C16H25Cl2N3O/c1-11-9-21(6-5-19-11)15(10-20(2)3)12-7-13(17)16(22-4)14(18)8-12/h7-8,11,15,19H,5-6,9-10H2,1-4H3. The Bertz CT molecular complexity index is 487. The first-order valence-electron chi connectivity index (χ1n) is 7.57. The molecule has 2 rings (SSSR count). The zero-order valence-electron chi connectivity index (χ0n) is 13.7. The Morgan fingerprint density at radius 2 is 2.00 bits per heavy atom. The second-order valence-corrected chi connectivity index (χ2v) is 6.96. The zero-order chi connectivity index (χ0) is 16.3. The maximum Gasteiger partial charge on any atom is 0.156 e. The summed E-state index contributed by atoms with van der Waals surface area (Å²) in [4.78, 5) is 4.69. The van der Waals surface area contributed by atoms with Crippen LogP contribution in [0.4, 0.5) is 0 Å². The Morgan fingerprint density at radius 1 is 1.36 bits per heavy atom. The lowest BCUT2D eigenvalue weighted by Crippen LogP contribution is -2.51. The number of hydrogen-bond acceptors (Lipinski definition) is 4. The van der Waals surface area contributed by atoms with Crippen LogP contribution >= 0.6 is 23.2 Å². The largest absolute Gasteiger partial charge is 0.494 e. The van der Waals surface area contributed by atoms with Crippen molar-refractivity contribution >= 4 is 23.2 Å². The summed E-state index contributed by atoms with van der Waals surface area (Å²) in [5.41, 5.74) is 1.14. The van der Waals surface area contributed by atoms with E-state index < -0.39 is 0 Å². The van der Waals surface area contributed by atoms with Crippen molar-refractivity contribution in [2.45, 2.75) is 19.0 Å². The minimum atomic E-state index is 0.264. The number of nitrogens with zero attached hydrogens (tertiary/aromatic N) is 2. The van der Waals surface area contributed by atoms with E-state index in [0.717, 1.165) is 31.7 Å². The number of nitrogens with one attached hydrogen (secondary N) is 1. The molecule has 6 heteroatoms. The maximum atomic E-state index is 6.33. The van der Waals surface area contributed by atoms with Gasteiger partial charge in [0.1, 0.15) is 0 Å². The molecule has 0 amide bonds. The van der Waals surface area contributed by atoms with E-state index in [1.165, 1.54) is 0 Å². The summed E-state index contributed by atoms with van der Waals surface area (Å²) in [7, 11) is 5.76. The zero-order valence-corrected chi connectivity index (χ0v) is 15.2. The normalized spacial score (nSPS) is 21.1. The predicted octanol–water partition coefficient (Wildman–Crippen LogP) is 2.90. The molecule has 1 N–H and O–H groups in total. The van der Waals surface area contributed by atoms with Gasteiger partial charge in [-0.2, -0.15) is 0 Å². The van der Waals surface area contributed by atoms with Crippen molar-refractivity contribution in [2.24, 2.45) is 0 Å². The average molecular weight is 346 g/mol. The fourth-order valence-electron chi connectivity index (χ4n) is 2.99. The molecule has 1 aliphatic rings. The molecule has 2 unspecified atom stereocenters. The number of rotatable bonds is 5. The van der Waals surface area contributed by atoms with Gasteiger partial charge in [0.05, 0.1) is 17.2 Å². The Kier molecular flexibility index (Phi) is 6.36. The highest BCUT2D eigenvalue weighted by Gasteiger charge is 2.26. The molecule has 4 nitrogen and oxygen atoms in total. The first kappa shape index (κ1) is 17.8. The number of piperazine rings is 1. The van der Waals surface area contributed by atoms with E-state index in [0.29, 0.717) is 21.8 Å². The number of hydrogen-bond donors (Lipinski definition) is 1. The van der Waals surface area contributed by atoms with E-state index in [4.69, 9.17) is 27.9 Å². The lowest BCUT2D eigenvalue weighted by Gasteiger charge is -2.39. The third-order valence-electron chi connectivity index (χ3n) is 3.99. The molecule has 0 bridgehead atoms. The first-order valence-corrected chi connectivity index (χ1v) is 8.33. The topological polar surface area (TPSA) is 27.7 Å². The van der Waals surface area contributed by atoms with Crippen molar-refractivity contribution in [1.29, 1.82) is 0 Å². The van der Waals surface area contributed by atoms with Gasteiger partial charge in [0.25, 0.3) is 0 Å². The van der Waals surface area contributed by atoms with Crippen molar-refractivity contribution in [3.8, 4) is 5.75 Å². The maximum absolute atomic E-state index is 6.33. The second-order valence-electron chi connectivity index (χ2n) is 6.15. The van der Waals surface area contributed by atoms with Crippen LogP contribution in [-0.4, -0.2) is 63.2 Å². The highest BCUT2D eigenvalue weighted by Crippen LogP contribution is 2.37. The van der Waals surface area contributed by atoms with Crippen LogP contribution in [0, 0.1) is 0 Å². The molecule has 0 radical (unpaired) electrons. The Morgan fingerprint density at radius 3 is 2.50 bits per heavy atom. The second kappa shape index (κ2) is 7.84. The van der Waals surface area contributed by atoms with E-state index in [2.05, 4.69) is 36.1 Å². The molecule has 1 fully saturated rings. The smallest absolute Gasteiger partial charge is 0.156 e. The van der Waals surface area contributed by atoms with E-state index in [-0.39, 0.29) is 6.04 Å². The molecule has 0 aromatic heterocycles. The molecule has 22 heavy (non-hydrogen) atoms. The van der Waals surface area contributed by atoms with Crippen LogP contribution < -0.4 is 10.1 Å². The summed E-state index contributed by atoms with van der Waals surface area (Å²) in [5.74, 6) is 0.546. The van der Waals surface area contributed by atoms with E-state index >= 15 is 0 Å². The van der Waals surface area contributed by atoms with Gasteiger partial charge in [-0.05, 0) is 38.7 Å². The number of ether oxygens (including phenoxy) is 1. The number of benzene rings is 1. The summed E-state index contributed by atoms with van der Waals surface area (Å²) in [6.07, 6.45) is 0. The van der Waals surface area contributed by atoms with Gasteiger partial charge >= 0.3 is 0 Å². The Hall–Kier alpha value is -0.520. The molecular formula is C16H25Cl2N3O. The number of likely N-dealkylation sites (N-methyl/N-ethyl adjacent to an activating group) is 1. The highest BCUT2D eigenvalue weighted by molar-refractivity contribution is 6.37. The lowest BCUT2D eigenvalue weighted by atomic mass is 10.0. The van der Waals surface area contributed by atoms with Gasteiger partial charge in [-0.1, -0.05) is 23.2 Å². The van der Waals surface area contributed by atoms with Crippen LogP contribution in [0.5, 0.6) is 5.75 Å². The molecule has 1 aromatic carbocycles. The van der Waals surface area contributed by atoms with Gasteiger partial charge in [0, 0.05) is 38.3 Å². The van der Waals surface area contributed by atoms with Gasteiger partial charge in [-0.3, -0.25) is 4.90 Å². The van der Waals surface area contributed by atoms with Crippen LogP contribution in [0.25, 0.3) is 0 Å². The SMILES string of the molecule is COc1c(Cl)cc(C(CN(C)C)N2CCNC(C)C2)cc1Cl. The molecule has 1 heterocycles. The summed E-state index contributed by atoms with van der Waals surface area (Å²) in [6.45, 7) is 6.17. The van der Waals surface area contributed by atoms with Gasteiger partial charge in [-0.25, -0.2) is 0 Å². The Labute approximate surface area is 143 Å². The van der Waals surface area contributed by atoms with E-state index in [1.807, 2.05) is 12.1 Å². The minimum absolute atomic E-state index is 0.264. The van der Waals surface area contributed by atoms with E-state index in [1.54, 1.807) is 7.11 Å². The fraction of sp³-hybridized carbons (Fsp3) is 0.625. The quantitative estimate of drug-likeness (QED) is 0.887. The van der Waals surface area contributed by atoms with E-state index in [9.17, 15) is 0 Å². The summed E-state index contributed by atoms with van der Waals surface area (Å²) in [6, 6.07) is 4.71. The molecule has 2 atom stereocenters. The molecule has 1 aromatic rings. The summed E-state index contributed by atoms with van der Waals surface area (Å²) >= 11 is 12.7. The average Bonchev–Trinajstić information content (AvgIpc) is 2.44. The number of halogens is 2. The third kappa shape index (κ3) is 4.27. The molecule has 1 aliphatic heterocycles. The van der Waals surface area contributed by atoms with Gasteiger partial charge in [-0.15, -0.1) is 0 Å². The summed E-state index contributed by atoms with van der Waals surface area (Å²) < 4.78 is 5.26. The van der Waals surface area contributed by atoms with Crippen LogP contribution in [0.3, 0.4) is 0 Å².